The van der Waals surface area contributed by atoms with Gasteiger partial charge in [-0.3, -0.25) is 9.59 Å². The number of hydrogen-bond acceptors (Lipinski definition) is 4. The Bertz CT molecular complexity index is 1170. The lowest BCUT2D eigenvalue weighted by molar-refractivity contribution is -0.139. The number of rotatable bonds is 8. The van der Waals surface area contributed by atoms with Crippen molar-refractivity contribution in [2.24, 2.45) is 0 Å². The van der Waals surface area contributed by atoms with Crippen LogP contribution in [0.4, 0.5) is 0 Å². The number of carbonyl (C=O) groups excluding carboxylic acids is 2. The molecule has 1 atom stereocenters. The number of nitrogens with zero attached hydrogens (tertiary/aromatic N) is 1. The number of aliphatic hydroxyl groups excluding tert-OH is 1. The number of ether oxygens (including phenoxy) is 1. The molecule has 3 aromatic carbocycles. The molecule has 0 radical (unpaired) electrons. The molecule has 4 rings (SSSR count). The molecule has 1 fully saturated rings. The van der Waals surface area contributed by atoms with Gasteiger partial charge in [0.25, 0.3) is 11.7 Å². The molecule has 1 aliphatic heterocycles. The summed E-state index contributed by atoms with van der Waals surface area (Å²) >= 11 is 0. The minimum absolute atomic E-state index is 0.0963. The van der Waals surface area contributed by atoms with Gasteiger partial charge in [-0.1, -0.05) is 85.5 Å². The van der Waals surface area contributed by atoms with Gasteiger partial charge in [-0.15, -0.1) is 0 Å². The Labute approximate surface area is 193 Å². The molecule has 1 saturated heterocycles. The van der Waals surface area contributed by atoms with Gasteiger partial charge in [-0.05, 0) is 29.7 Å². The van der Waals surface area contributed by atoms with Gasteiger partial charge in [0.15, 0.2) is 0 Å². The van der Waals surface area contributed by atoms with Gasteiger partial charge >= 0.3 is 0 Å². The molecular weight excluding hydrogens is 414 g/mol. The van der Waals surface area contributed by atoms with E-state index in [9.17, 15) is 14.7 Å². The molecule has 0 spiro atoms. The summed E-state index contributed by atoms with van der Waals surface area (Å²) in [6.07, 6.45) is 2.25. The van der Waals surface area contributed by atoms with Crippen molar-refractivity contribution >= 4 is 17.4 Å². The molecule has 3 aromatic rings. The third-order valence-electron chi connectivity index (χ3n) is 5.64. The first-order chi connectivity index (χ1) is 16.1. The largest absolute Gasteiger partial charge is 0.507 e. The Morgan fingerprint density at radius 2 is 1.58 bits per heavy atom. The minimum atomic E-state index is -0.692. The topological polar surface area (TPSA) is 66.8 Å². The lowest BCUT2D eigenvalue weighted by atomic mass is 9.95. The Hall–Kier alpha value is -4.12. The second kappa shape index (κ2) is 10.0. The van der Waals surface area contributed by atoms with Gasteiger partial charge in [0.2, 0.25) is 0 Å². The molecule has 5 nitrogen and oxygen atoms in total. The second-order valence-corrected chi connectivity index (χ2v) is 7.76. The Morgan fingerprint density at radius 3 is 2.21 bits per heavy atom. The van der Waals surface area contributed by atoms with E-state index in [1.165, 1.54) is 0 Å². The maximum absolute atomic E-state index is 13.1. The maximum Gasteiger partial charge on any atom is 0.295 e. The van der Waals surface area contributed by atoms with Crippen molar-refractivity contribution in [1.29, 1.82) is 0 Å². The molecule has 5 heteroatoms. The van der Waals surface area contributed by atoms with Crippen LogP contribution in [0.1, 0.15) is 22.7 Å². The highest BCUT2D eigenvalue weighted by atomic mass is 16.5. The molecule has 1 heterocycles. The smallest absolute Gasteiger partial charge is 0.295 e. The van der Waals surface area contributed by atoms with Crippen LogP contribution in [0.2, 0.25) is 0 Å². The fourth-order valence-electron chi connectivity index (χ4n) is 4.00. The first-order valence-electron chi connectivity index (χ1n) is 10.8. The third kappa shape index (κ3) is 4.72. The Kier molecular flexibility index (Phi) is 6.69. The minimum Gasteiger partial charge on any atom is -0.507 e. The van der Waals surface area contributed by atoms with Crippen LogP contribution in [0.5, 0.6) is 5.75 Å². The summed E-state index contributed by atoms with van der Waals surface area (Å²) < 4.78 is 5.56. The highest BCUT2D eigenvalue weighted by Crippen LogP contribution is 2.39. The van der Waals surface area contributed by atoms with Crippen LogP contribution in [0, 0.1) is 0 Å². The lowest BCUT2D eigenvalue weighted by Gasteiger charge is -2.25. The van der Waals surface area contributed by atoms with E-state index >= 15 is 0 Å². The van der Waals surface area contributed by atoms with Crippen LogP contribution >= 0.6 is 0 Å². The van der Waals surface area contributed by atoms with Crippen molar-refractivity contribution in [3.8, 4) is 5.75 Å². The van der Waals surface area contributed by atoms with Crippen LogP contribution in [0.25, 0.3) is 5.76 Å². The molecule has 1 aliphatic rings. The van der Waals surface area contributed by atoms with Crippen molar-refractivity contribution in [3.63, 3.8) is 0 Å². The monoisotopic (exact) mass is 439 g/mol. The fourth-order valence-corrected chi connectivity index (χ4v) is 4.00. The second-order valence-electron chi connectivity index (χ2n) is 7.76. The first kappa shape index (κ1) is 22.1. The predicted octanol–water partition coefficient (Wildman–Crippen LogP) is 4.92. The van der Waals surface area contributed by atoms with Crippen LogP contribution in [0.3, 0.4) is 0 Å². The van der Waals surface area contributed by atoms with Crippen molar-refractivity contribution < 1.29 is 19.4 Å². The van der Waals surface area contributed by atoms with E-state index in [2.05, 4.69) is 6.58 Å². The Morgan fingerprint density at radius 1 is 0.939 bits per heavy atom. The zero-order valence-corrected chi connectivity index (χ0v) is 18.2. The maximum atomic E-state index is 13.1. The van der Waals surface area contributed by atoms with Gasteiger partial charge in [-0.25, -0.2) is 0 Å². The highest BCUT2D eigenvalue weighted by molar-refractivity contribution is 6.46. The third-order valence-corrected chi connectivity index (χ3v) is 5.64. The van der Waals surface area contributed by atoms with E-state index in [1.54, 1.807) is 47.4 Å². The van der Waals surface area contributed by atoms with E-state index < -0.39 is 17.7 Å². The quantitative estimate of drug-likeness (QED) is 0.234. The van der Waals surface area contributed by atoms with Crippen molar-refractivity contribution in [2.75, 3.05) is 13.2 Å². The van der Waals surface area contributed by atoms with Crippen LogP contribution in [-0.4, -0.2) is 34.8 Å². The number of benzene rings is 3. The molecule has 1 unspecified atom stereocenters. The summed E-state index contributed by atoms with van der Waals surface area (Å²) in [6, 6.07) is 25.2. The number of likely N-dealkylation sites (tertiary alicyclic amines) is 1. The lowest BCUT2D eigenvalue weighted by Crippen LogP contribution is -2.31. The summed E-state index contributed by atoms with van der Waals surface area (Å²) in [4.78, 5) is 27.7. The van der Waals surface area contributed by atoms with E-state index in [1.807, 2.05) is 48.5 Å². The van der Waals surface area contributed by atoms with Gasteiger partial charge < -0.3 is 14.7 Å². The molecule has 33 heavy (non-hydrogen) atoms. The first-order valence-corrected chi connectivity index (χ1v) is 10.8. The van der Waals surface area contributed by atoms with Gasteiger partial charge in [0, 0.05) is 12.1 Å². The van der Waals surface area contributed by atoms with E-state index in [-0.39, 0.29) is 11.3 Å². The van der Waals surface area contributed by atoms with E-state index in [0.29, 0.717) is 30.9 Å². The number of amides is 1. The molecule has 0 saturated carbocycles. The zero-order chi connectivity index (χ0) is 23.2. The van der Waals surface area contributed by atoms with E-state index in [4.69, 9.17) is 4.74 Å². The summed E-state index contributed by atoms with van der Waals surface area (Å²) in [5.74, 6) is -0.808. The standard InChI is InChI=1S/C28H25NO4/c1-2-19-33-23-15-13-21(14-16-23)25-24(26(30)22-11-7-4-8-12-22)27(31)28(32)29(25)18-17-20-9-5-3-6-10-20/h2-16,25,30H,1,17-19H2. The van der Waals surface area contributed by atoms with Crippen molar-refractivity contribution in [2.45, 2.75) is 12.5 Å². The summed E-state index contributed by atoms with van der Waals surface area (Å²) in [7, 11) is 0. The average molecular weight is 440 g/mol. The average Bonchev–Trinajstić information content (AvgIpc) is 3.12. The molecule has 0 aromatic heterocycles. The van der Waals surface area contributed by atoms with Crippen molar-refractivity contribution in [3.05, 3.63) is 120 Å². The number of carbonyl (C=O) groups is 2. The highest BCUT2D eigenvalue weighted by Gasteiger charge is 2.45. The molecule has 0 bridgehead atoms. The summed E-state index contributed by atoms with van der Waals surface area (Å²) in [6.45, 7) is 4.37. The molecular formula is C28H25NO4. The van der Waals surface area contributed by atoms with Gasteiger partial charge in [-0.2, -0.15) is 0 Å². The number of hydrogen-bond donors (Lipinski definition) is 1. The van der Waals surface area contributed by atoms with Crippen LogP contribution < -0.4 is 4.74 Å². The summed E-state index contributed by atoms with van der Waals surface area (Å²) in [5, 5.41) is 11.1. The van der Waals surface area contributed by atoms with Gasteiger partial charge in [0.05, 0.1) is 11.6 Å². The SMILES string of the molecule is C=CCOc1ccc(C2C(=C(O)c3ccccc3)C(=O)C(=O)N2CCc2ccccc2)cc1. The zero-order valence-electron chi connectivity index (χ0n) is 18.2. The normalized spacial score (nSPS) is 17.2. The number of aliphatic hydroxyl groups is 1. The molecule has 166 valence electrons. The van der Waals surface area contributed by atoms with Crippen molar-refractivity contribution in [1.82, 2.24) is 4.90 Å². The van der Waals surface area contributed by atoms with E-state index in [0.717, 1.165) is 11.1 Å². The molecule has 0 aliphatic carbocycles. The summed E-state index contributed by atoms with van der Waals surface area (Å²) in [5.41, 5.74) is 2.38. The Balaban J connectivity index is 1.74. The van der Waals surface area contributed by atoms with Gasteiger partial charge in [0.1, 0.15) is 18.1 Å². The number of Topliss-reactive ketones (excluding diaryl/α,β-unsaturated/α-hetero) is 1. The molecule has 1 N–H and O–H groups in total. The van der Waals surface area contributed by atoms with Crippen LogP contribution in [0.15, 0.2) is 103 Å². The molecule has 1 amide bonds. The fraction of sp³-hybridized carbons (Fsp3) is 0.143. The predicted molar refractivity (Wildman–Crippen MR) is 128 cm³/mol. The number of ketones is 1. The van der Waals surface area contributed by atoms with Crippen LogP contribution in [-0.2, 0) is 16.0 Å².